The molecule has 0 unspecified atom stereocenters. The highest BCUT2D eigenvalue weighted by Gasteiger charge is 2.23. The molecule has 88 valence electrons. The molecule has 2 aliphatic rings. The summed E-state index contributed by atoms with van der Waals surface area (Å²) in [6.07, 6.45) is 10.5. The number of thioether (sulfide) groups is 1. The fraction of sp³-hybridized carbons (Fsp3) is 1.00. The molecule has 1 aliphatic heterocycles. The van der Waals surface area contributed by atoms with Crippen LogP contribution in [0.5, 0.6) is 0 Å². The number of hydrogen-bond donors (Lipinski definition) is 2. The van der Waals surface area contributed by atoms with Gasteiger partial charge in [0.05, 0.1) is 0 Å². The van der Waals surface area contributed by atoms with Crippen molar-refractivity contribution in [1.29, 1.82) is 0 Å². The summed E-state index contributed by atoms with van der Waals surface area (Å²) in [6, 6.07) is 1.61. The lowest BCUT2D eigenvalue weighted by Crippen LogP contribution is -2.46. The number of piperidine rings is 1. The second-order valence-corrected chi connectivity index (χ2v) is 6.04. The van der Waals surface area contributed by atoms with Crippen LogP contribution in [0, 0.1) is 0 Å². The van der Waals surface area contributed by atoms with Crippen molar-refractivity contribution in [2.45, 2.75) is 55.9 Å². The summed E-state index contributed by atoms with van der Waals surface area (Å²) in [5.74, 6) is 0. The lowest BCUT2D eigenvalue weighted by atomic mass is 9.93. The van der Waals surface area contributed by atoms with Crippen LogP contribution in [0.1, 0.15) is 38.5 Å². The van der Waals surface area contributed by atoms with Crippen LogP contribution in [-0.2, 0) is 0 Å². The molecule has 1 saturated heterocycles. The molecule has 0 radical (unpaired) electrons. The Kier molecular flexibility index (Phi) is 4.79. The number of rotatable bonds is 3. The maximum Gasteiger partial charge on any atom is 0.00938 e. The van der Waals surface area contributed by atoms with E-state index in [1.54, 1.807) is 0 Å². The zero-order valence-corrected chi connectivity index (χ0v) is 10.6. The molecular formula is C12H24N2S. The van der Waals surface area contributed by atoms with Gasteiger partial charge in [0.25, 0.3) is 0 Å². The molecule has 0 aromatic carbocycles. The Labute approximate surface area is 98.0 Å². The molecule has 3 heteroatoms. The van der Waals surface area contributed by atoms with E-state index in [1.165, 1.54) is 51.6 Å². The minimum Gasteiger partial charge on any atom is -0.317 e. The highest BCUT2D eigenvalue weighted by atomic mass is 32.2. The van der Waals surface area contributed by atoms with Crippen molar-refractivity contribution in [1.82, 2.24) is 10.6 Å². The lowest BCUT2D eigenvalue weighted by molar-refractivity contribution is 0.301. The molecule has 0 spiro atoms. The van der Waals surface area contributed by atoms with Crippen LogP contribution < -0.4 is 10.6 Å². The van der Waals surface area contributed by atoms with Crippen molar-refractivity contribution < 1.29 is 0 Å². The van der Waals surface area contributed by atoms with Crippen LogP contribution in [0.3, 0.4) is 0 Å². The highest BCUT2D eigenvalue weighted by Crippen LogP contribution is 2.27. The van der Waals surface area contributed by atoms with Gasteiger partial charge in [0.15, 0.2) is 0 Å². The summed E-state index contributed by atoms with van der Waals surface area (Å²) in [7, 11) is 0. The van der Waals surface area contributed by atoms with Gasteiger partial charge >= 0.3 is 0 Å². The summed E-state index contributed by atoms with van der Waals surface area (Å²) in [4.78, 5) is 0. The standard InChI is InChI=1S/C12H24N2S/c1-15-12-4-2-10(3-5-12)14-11-6-8-13-9-7-11/h10-14H,2-9H2,1H3. The molecule has 0 bridgehead atoms. The molecule has 2 rings (SSSR count). The van der Waals surface area contributed by atoms with Gasteiger partial charge in [-0.1, -0.05) is 0 Å². The summed E-state index contributed by atoms with van der Waals surface area (Å²) >= 11 is 2.06. The Balaban J connectivity index is 1.67. The Morgan fingerprint density at radius 2 is 1.53 bits per heavy atom. The summed E-state index contributed by atoms with van der Waals surface area (Å²) in [5.41, 5.74) is 0. The van der Waals surface area contributed by atoms with Gasteiger partial charge in [-0.2, -0.15) is 11.8 Å². The van der Waals surface area contributed by atoms with Gasteiger partial charge in [-0.25, -0.2) is 0 Å². The normalized spacial score (nSPS) is 34.2. The molecule has 0 atom stereocenters. The second-order valence-electron chi connectivity index (χ2n) is 4.90. The molecule has 2 fully saturated rings. The van der Waals surface area contributed by atoms with Crippen molar-refractivity contribution in [2.24, 2.45) is 0 Å². The van der Waals surface area contributed by atoms with E-state index < -0.39 is 0 Å². The van der Waals surface area contributed by atoms with E-state index in [4.69, 9.17) is 0 Å². The summed E-state index contributed by atoms with van der Waals surface area (Å²) in [6.45, 7) is 2.41. The van der Waals surface area contributed by atoms with Gasteiger partial charge in [0, 0.05) is 17.3 Å². The first-order valence-electron chi connectivity index (χ1n) is 6.38. The van der Waals surface area contributed by atoms with E-state index in [-0.39, 0.29) is 0 Å². The SMILES string of the molecule is CSC1CCC(NC2CCNCC2)CC1. The molecule has 1 heterocycles. The van der Waals surface area contributed by atoms with Crippen LogP contribution in [-0.4, -0.2) is 36.7 Å². The molecule has 2 nitrogen and oxygen atoms in total. The maximum atomic E-state index is 3.85. The van der Waals surface area contributed by atoms with Gasteiger partial charge in [-0.3, -0.25) is 0 Å². The second kappa shape index (κ2) is 6.12. The first-order valence-corrected chi connectivity index (χ1v) is 7.67. The predicted octanol–water partition coefficient (Wildman–Crippen LogP) is 2.00. The fourth-order valence-corrected chi connectivity index (χ4v) is 3.53. The Morgan fingerprint density at radius 3 is 2.13 bits per heavy atom. The van der Waals surface area contributed by atoms with Crippen LogP contribution in [0.2, 0.25) is 0 Å². The van der Waals surface area contributed by atoms with Crippen molar-refractivity contribution in [3.8, 4) is 0 Å². The highest BCUT2D eigenvalue weighted by molar-refractivity contribution is 7.99. The molecule has 15 heavy (non-hydrogen) atoms. The molecule has 2 N–H and O–H groups in total. The monoisotopic (exact) mass is 228 g/mol. The van der Waals surface area contributed by atoms with Crippen molar-refractivity contribution in [3.05, 3.63) is 0 Å². The van der Waals surface area contributed by atoms with Crippen molar-refractivity contribution >= 4 is 11.8 Å². The zero-order chi connectivity index (χ0) is 10.5. The minimum absolute atomic E-state index is 0.794. The van der Waals surface area contributed by atoms with Crippen LogP contribution in [0.4, 0.5) is 0 Å². The molecule has 0 aromatic rings. The maximum absolute atomic E-state index is 3.85. The van der Waals surface area contributed by atoms with E-state index in [1.807, 2.05) is 0 Å². The molecule has 0 aromatic heterocycles. The molecule has 1 aliphatic carbocycles. The Morgan fingerprint density at radius 1 is 0.933 bits per heavy atom. The first-order chi connectivity index (χ1) is 7.38. The van der Waals surface area contributed by atoms with Gasteiger partial charge in [0.1, 0.15) is 0 Å². The third-order valence-corrected chi connectivity index (χ3v) is 4.96. The first kappa shape index (κ1) is 11.7. The van der Waals surface area contributed by atoms with E-state index in [9.17, 15) is 0 Å². The number of nitrogens with one attached hydrogen (secondary N) is 2. The fourth-order valence-electron chi connectivity index (χ4n) is 2.79. The predicted molar refractivity (Wildman–Crippen MR) is 68.6 cm³/mol. The van der Waals surface area contributed by atoms with E-state index in [2.05, 4.69) is 28.7 Å². The van der Waals surface area contributed by atoms with E-state index in [0.29, 0.717) is 0 Å². The largest absolute Gasteiger partial charge is 0.317 e. The lowest BCUT2D eigenvalue weighted by Gasteiger charge is -2.33. The topological polar surface area (TPSA) is 24.1 Å². The molecule has 0 amide bonds. The zero-order valence-electron chi connectivity index (χ0n) is 9.80. The average Bonchev–Trinajstić information content (AvgIpc) is 2.31. The van der Waals surface area contributed by atoms with Crippen LogP contribution >= 0.6 is 11.8 Å². The van der Waals surface area contributed by atoms with Gasteiger partial charge < -0.3 is 10.6 Å². The van der Waals surface area contributed by atoms with Crippen molar-refractivity contribution in [2.75, 3.05) is 19.3 Å². The van der Waals surface area contributed by atoms with Crippen molar-refractivity contribution in [3.63, 3.8) is 0 Å². The molecule has 1 saturated carbocycles. The van der Waals surface area contributed by atoms with Gasteiger partial charge in [-0.15, -0.1) is 0 Å². The van der Waals surface area contributed by atoms with E-state index in [0.717, 1.165) is 17.3 Å². The Hall–Kier alpha value is 0.270. The summed E-state index contributed by atoms with van der Waals surface area (Å²) in [5, 5.41) is 8.22. The molecular weight excluding hydrogens is 204 g/mol. The van der Waals surface area contributed by atoms with E-state index >= 15 is 0 Å². The minimum atomic E-state index is 0.794. The van der Waals surface area contributed by atoms with Gasteiger partial charge in [0.2, 0.25) is 0 Å². The van der Waals surface area contributed by atoms with Crippen LogP contribution in [0.25, 0.3) is 0 Å². The van der Waals surface area contributed by atoms with Gasteiger partial charge in [-0.05, 0) is 57.9 Å². The average molecular weight is 228 g/mol. The third kappa shape index (κ3) is 3.65. The Bertz CT molecular complexity index is 172. The summed E-state index contributed by atoms with van der Waals surface area (Å²) < 4.78 is 0. The number of hydrogen-bond acceptors (Lipinski definition) is 3. The quantitative estimate of drug-likeness (QED) is 0.772. The smallest absolute Gasteiger partial charge is 0.00938 e. The van der Waals surface area contributed by atoms with Crippen LogP contribution in [0.15, 0.2) is 0 Å². The third-order valence-electron chi connectivity index (χ3n) is 3.82.